The summed E-state index contributed by atoms with van der Waals surface area (Å²) >= 11 is 0. The van der Waals surface area contributed by atoms with Crippen LogP contribution in [0.15, 0.2) is 4.52 Å². The average Bonchev–Trinajstić information content (AvgIpc) is 2.75. The van der Waals surface area contributed by atoms with E-state index in [1.54, 1.807) is 0 Å². The molecular formula is C11H21N3O2. The molecule has 0 bridgehead atoms. The van der Waals surface area contributed by atoms with Gasteiger partial charge in [-0.15, -0.1) is 0 Å². The molecule has 0 saturated carbocycles. The van der Waals surface area contributed by atoms with Crippen LogP contribution in [0.1, 0.15) is 57.3 Å². The van der Waals surface area contributed by atoms with E-state index in [1.165, 1.54) is 0 Å². The highest BCUT2D eigenvalue weighted by Gasteiger charge is 2.19. The fourth-order valence-electron chi connectivity index (χ4n) is 1.59. The van der Waals surface area contributed by atoms with Crippen LogP contribution in [0.4, 0.5) is 0 Å². The largest absolute Gasteiger partial charge is 0.371 e. The molecule has 1 heterocycles. The Morgan fingerprint density at radius 1 is 1.44 bits per heavy atom. The lowest BCUT2D eigenvalue weighted by atomic mass is 10.0. The van der Waals surface area contributed by atoms with Gasteiger partial charge in [-0.1, -0.05) is 18.5 Å². The summed E-state index contributed by atoms with van der Waals surface area (Å²) in [5.41, 5.74) is 5.68. The summed E-state index contributed by atoms with van der Waals surface area (Å²) in [7, 11) is 0. The maximum atomic E-state index is 5.68. The van der Waals surface area contributed by atoms with Crippen LogP contribution in [0.2, 0.25) is 0 Å². The van der Waals surface area contributed by atoms with Crippen molar-refractivity contribution >= 4 is 0 Å². The van der Waals surface area contributed by atoms with Crippen molar-refractivity contribution in [3.05, 3.63) is 11.7 Å². The molecule has 5 nitrogen and oxygen atoms in total. The monoisotopic (exact) mass is 227 g/mol. The van der Waals surface area contributed by atoms with Crippen molar-refractivity contribution in [3.8, 4) is 0 Å². The smallest absolute Gasteiger partial charge is 0.231 e. The Hall–Kier alpha value is -0.940. The summed E-state index contributed by atoms with van der Waals surface area (Å²) in [5, 5.41) is 3.92. The van der Waals surface area contributed by atoms with E-state index in [0.717, 1.165) is 12.8 Å². The van der Waals surface area contributed by atoms with Crippen molar-refractivity contribution in [2.75, 3.05) is 13.2 Å². The first-order valence-corrected chi connectivity index (χ1v) is 5.88. The highest BCUT2D eigenvalue weighted by molar-refractivity contribution is 4.96. The second kappa shape index (κ2) is 6.60. The number of nitrogens with zero attached hydrogens (tertiary/aromatic N) is 2. The third-order valence-electron chi connectivity index (χ3n) is 2.51. The van der Waals surface area contributed by atoms with Crippen LogP contribution in [-0.2, 0) is 4.74 Å². The molecule has 0 saturated heterocycles. The minimum atomic E-state index is -0.123. The van der Waals surface area contributed by atoms with E-state index < -0.39 is 0 Å². The van der Waals surface area contributed by atoms with Gasteiger partial charge in [-0.05, 0) is 20.3 Å². The van der Waals surface area contributed by atoms with Crippen molar-refractivity contribution in [1.82, 2.24) is 10.1 Å². The van der Waals surface area contributed by atoms with Gasteiger partial charge >= 0.3 is 0 Å². The van der Waals surface area contributed by atoms with Crippen molar-refractivity contribution in [3.63, 3.8) is 0 Å². The van der Waals surface area contributed by atoms with Gasteiger partial charge in [0.1, 0.15) is 6.10 Å². The Balaban J connectivity index is 2.68. The van der Waals surface area contributed by atoms with E-state index in [-0.39, 0.29) is 12.0 Å². The van der Waals surface area contributed by atoms with Crippen molar-refractivity contribution in [1.29, 1.82) is 0 Å². The van der Waals surface area contributed by atoms with Gasteiger partial charge in [-0.2, -0.15) is 4.98 Å². The van der Waals surface area contributed by atoms with Crippen LogP contribution in [0.25, 0.3) is 0 Å². The third-order valence-corrected chi connectivity index (χ3v) is 2.51. The molecule has 1 aromatic heterocycles. The number of aromatic nitrogens is 2. The highest BCUT2D eigenvalue weighted by Crippen LogP contribution is 2.20. The minimum Gasteiger partial charge on any atom is -0.371 e. The average molecular weight is 227 g/mol. The molecule has 5 heteroatoms. The Morgan fingerprint density at radius 3 is 2.75 bits per heavy atom. The Morgan fingerprint density at radius 2 is 2.19 bits per heavy atom. The van der Waals surface area contributed by atoms with Crippen LogP contribution in [0.3, 0.4) is 0 Å². The van der Waals surface area contributed by atoms with Crippen LogP contribution in [0, 0.1) is 0 Å². The lowest BCUT2D eigenvalue weighted by Gasteiger charge is -2.07. The first-order valence-electron chi connectivity index (χ1n) is 5.88. The molecule has 2 unspecified atom stereocenters. The van der Waals surface area contributed by atoms with E-state index in [4.69, 9.17) is 15.0 Å². The van der Waals surface area contributed by atoms with Crippen LogP contribution >= 0.6 is 0 Å². The van der Waals surface area contributed by atoms with Gasteiger partial charge in [0, 0.05) is 13.2 Å². The Labute approximate surface area is 96.4 Å². The maximum Gasteiger partial charge on any atom is 0.231 e. The summed E-state index contributed by atoms with van der Waals surface area (Å²) in [6.07, 6.45) is 1.91. The van der Waals surface area contributed by atoms with Crippen LogP contribution < -0.4 is 5.73 Å². The van der Waals surface area contributed by atoms with Gasteiger partial charge in [-0.3, -0.25) is 0 Å². The van der Waals surface area contributed by atoms with E-state index >= 15 is 0 Å². The molecule has 0 spiro atoms. The number of rotatable bonds is 7. The molecule has 0 aliphatic rings. The van der Waals surface area contributed by atoms with Gasteiger partial charge < -0.3 is 15.0 Å². The third kappa shape index (κ3) is 3.28. The number of hydrogen-bond donors (Lipinski definition) is 1. The zero-order chi connectivity index (χ0) is 12.0. The Bertz CT molecular complexity index is 301. The topological polar surface area (TPSA) is 74.2 Å². The molecule has 0 aromatic carbocycles. The quantitative estimate of drug-likeness (QED) is 0.771. The fraction of sp³-hybridized carbons (Fsp3) is 0.818. The van der Waals surface area contributed by atoms with Gasteiger partial charge in [0.2, 0.25) is 5.89 Å². The SMILES string of the molecule is CCCC(CN)c1nc(C(C)OCC)no1. The van der Waals surface area contributed by atoms with Crippen LogP contribution in [-0.4, -0.2) is 23.3 Å². The van der Waals surface area contributed by atoms with E-state index in [1.807, 2.05) is 13.8 Å². The molecule has 1 aromatic rings. The summed E-state index contributed by atoms with van der Waals surface area (Å²) in [6.45, 7) is 7.15. The second-order valence-electron chi connectivity index (χ2n) is 3.81. The predicted octanol–water partition coefficient (Wildman–Crippen LogP) is 2.01. The summed E-state index contributed by atoms with van der Waals surface area (Å²) in [6, 6.07) is 0. The van der Waals surface area contributed by atoms with Gasteiger partial charge in [-0.25, -0.2) is 0 Å². The lowest BCUT2D eigenvalue weighted by molar-refractivity contribution is 0.0683. The molecule has 0 aliphatic heterocycles. The molecule has 0 amide bonds. The Kier molecular flexibility index (Phi) is 5.42. The molecule has 16 heavy (non-hydrogen) atoms. The first kappa shape index (κ1) is 13.1. The van der Waals surface area contributed by atoms with E-state index in [0.29, 0.717) is 24.9 Å². The molecular weight excluding hydrogens is 206 g/mol. The second-order valence-corrected chi connectivity index (χ2v) is 3.81. The van der Waals surface area contributed by atoms with E-state index in [9.17, 15) is 0 Å². The number of nitrogens with two attached hydrogens (primary N) is 1. The molecule has 92 valence electrons. The highest BCUT2D eigenvalue weighted by atomic mass is 16.5. The molecule has 2 atom stereocenters. The molecule has 0 fully saturated rings. The minimum absolute atomic E-state index is 0.123. The molecule has 2 N–H and O–H groups in total. The summed E-state index contributed by atoms with van der Waals surface area (Å²) in [4.78, 5) is 4.34. The zero-order valence-electron chi connectivity index (χ0n) is 10.3. The lowest BCUT2D eigenvalue weighted by Crippen LogP contribution is -2.13. The summed E-state index contributed by atoms with van der Waals surface area (Å²) < 4.78 is 10.6. The summed E-state index contributed by atoms with van der Waals surface area (Å²) in [5.74, 6) is 1.40. The normalized spacial score (nSPS) is 15.0. The van der Waals surface area contributed by atoms with Gasteiger partial charge in [0.05, 0.1) is 5.92 Å². The standard InChI is InChI=1S/C11H21N3O2/c1-4-6-9(7-12)11-13-10(14-16-11)8(3)15-5-2/h8-9H,4-7,12H2,1-3H3. The van der Waals surface area contributed by atoms with Gasteiger partial charge in [0.15, 0.2) is 5.82 Å². The molecule has 0 radical (unpaired) electrons. The van der Waals surface area contributed by atoms with Gasteiger partial charge in [0.25, 0.3) is 0 Å². The first-order chi connectivity index (χ1) is 7.72. The number of hydrogen-bond acceptors (Lipinski definition) is 5. The maximum absolute atomic E-state index is 5.68. The van der Waals surface area contributed by atoms with Crippen molar-refractivity contribution in [2.24, 2.45) is 5.73 Å². The van der Waals surface area contributed by atoms with E-state index in [2.05, 4.69) is 17.1 Å². The zero-order valence-corrected chi connectivity index (χ0v) is 10.3. The number of ether oxygens (including phenoxy) is 1. The molecule has 0 aliphatic carbocycles. The fourth-order valence-corrected chi connectivity index (χ4v) is 1.59. The van der Waals surface area contributed by atoms with Crippen molar-refractivity contribution in [2.45, 2.75) is 45.6 Å². The van der Waals surface area contributed by atoms with Crippen LogP contribution in [0.5, 0.6) is 0 Å². The van der Waals surface area contributed by atoms with Crippen molar-refractivity contribution < 1.29 is 9.26 Å². The molecule has 1 rings (SSSR count). The predicted molar refractivity (Wildman–Crippen MR) is 61.0 cm³/mol.